The highest BCUT2D eigenvalue weighted by molar-refractivity contribution is 8.06. The van der Waals surface area contributed by atoms with Crippen molar-refractivity contribution in [1.82, 2.24) is 0 Å². The lowest BCUT2D eigenvalue weighted by molar-refractivity contribution is -0.113. The zero-order valence-corrected chi connectivity index (χ0v) is 4.81. The third kappa shape index (κ3) is 5.05. The molecule has 0 aromatic rings. The van der Waals surface area contributed by atoms with Crippen molar-refractivity contribution in [2.75, 3.05) is 0 Å². The lowest BCUT2D eigenvalue weighted by Crippen LogP contribution is -2.04. The molecule has 0 aromatic carbocycles. The Hall–Kier alpha value is -0.950. The lowest BCUT2D eigenvalue weighted by atomic mass is 10.6. The number of rotatable bonds is 2. The fourth-order valence-electron chi connectivity index (χ4n) is 0.132. The van der Waals surface area contributed by atoms with Gasteiger partial charge in [-0.1, -0.05) is 0 Å². The zero-order valence-electron chi connectivity index (χ0n) is 4.00. The summed E-state index contributed by atoms with van der Waals surface area (Å²) in [6.07, 6.45) is 1.13. The number of nitrogens with two attached hydrogens (primary N) is 1. The van der Waals surface area contributed by atoms with E-state index in [9.17, 15) is 4.79 Å². The van der Waals surface area contributed by atoms with E-state index in [-0.39, 0.29) is 0 Å². The van der Waals surface area contributed by atoms with Crippen molar-refractivity contribution >= 4 is 17.7 Å². The van der Waals surface area contributed by atoms with E-state index < -0.39 is 5.91 Å². The van der Waals surface area contributed by atoms with E-state index in [1.54, 1.807) is 5.40 Å². The average Bonchev–Trinajstić information content (AvgIpc) is 1.66. The molecule has 0 aliphatic carbocycles. The number of thioether (sulfide) groups is 1. The summed E-state index contributed by atoms with van der Waals surface area (Å²) >= 11 is 0.861. The summed E-state index contributed by atoms with van der Waals surface area (Å²) in [4.78, 5) is 9.89. The van der Waals surface area contributed by atoms with E-state index in [4.69, 9.17) is 5.26 Å². The van der Waals surface area contributed by atoms with Crippen LogP contribution in [-0.2, 0) is 4.79 Å². The second kappa shape index (κ2) is 4.22. The Labute approximate surface area is 51.2 Å². The molecule has 0 aliphatic heterocycles. The summed E-state index contributed by atoms with van der Waals surface area (Å²) in [5.74, 6) is -0.534. The minimum atomic E-state index is -0.534. The van der Waals surface area contributed by atoms with Crippen LogP contribution in [0.3, 0.4) is 0 Å². The molecule has 0 heterocycles. The summed E-state index contributed by atoms with van der Waals surface area (Å²) in [6.45, 7) is 0. The van der Waals surface area contributed by atoms with Gasteiger partial charge in [-0.05, 0) is 17.2 Å². The van der Waals surface area contributed by atoms with Crippen molar-refractivity contribution in [2.24, 2.45) is 5.73 Å². The highest BCUT2D eigenvalue weighted by atomic mass is 32.2. The second-order valence-corrected chi connectivity index (χ2v) is 1.60. The van der Waals surface area contributed by atoms with Gasteiger partial charge in [0.1, 0.15) is 5.40 Å². The van der Waals surface area contributed by atoms with Crippen LogP contribution in [0, 0.1) is 10.7 Å². The zero-order chi connectivity index (χ0) is 6.41. The van der Waals surface area contributed by atoms with Crippen LogP contribution in [0.2, 0.25) is 0 Å². The standard InChI is InChI=1S/C4H4N2OS/c5-3-8-2-1-4(6)7/h1-2H,(H2,6,7)/b2-1+. The molecule has 0 saturated heterocycles. The van der Waals surface area contributed by atoms with E-state index in [2.05, 4.69) is 5.73 Å². The van der Waals surface area contributed by atoms with E-state index >= 15 is 0 Å². The van der Waals surface area contributed by atoms with Crippen molar-refractivity contribution in [3.63, 3.8) is 0 Å². The van der Waals surface area contributed by atoms with Gasteiger partial charge in [0.15, 0.2) is 0 Å². The van der Waals surface area contributed by atoms with Gasteiger partial charge in [-0.15, -0.1) is 0 Å². The number of nitriles is 1. The van der Waals surface area contributed by atoms with Crippen LogP contribution < -0.4 is 5.73 Å². The molecule has 0 atom stereocenters. The normalized spacial score (nSPS) is 8.88. The van der Waals surface area contributed by atoms with E-state index in [0.717, 1.165) is 17.8 Å². The molecule has 0 aromatic heterocycles. The molecule has 0 fully saturated rings. The van der Waals surface area contributed by atoms with Crippen molar-refractivity contribution in [3.8, 4) is 5.40 Å². The number of nitrogens with zero attached hydrogens (tertiary/aromatic N) is 1. The molecule has 3 nitrogen and oxygen atoms in total. The van der Waals surface area contributed by atoms with E-state index in [0.29, 0.717) is 0 Å². The quantitative estimate of drug-likeness (QED) is 0.426. The maximum Gasteiger partial charge on any atom is 0.241 e. The van der Waals surface area contributed by atoms with Gasteiger partial charge in [-0.25, -0.2) is 0 Å². The Balaban J connectivity index is 3.38. The highest BCUT2D eigenvalue weighted by Gasteiger charge is 1.78. The highest BCUT2D eigenvalue weighted by Crippen LogP contribution is 1.95. The predicted octanol–water partition coefficient (Wildman–Crippen LogP) is 0.200. The smallest absolute Gasteiger partial charge is 0.241 e. The van der Waals surface area contributed by atoms with Crippen LogP contribution in [0.15, 0.2) is 11.5 Å². The molecule has 0 saturated carbocycles. The number of carbonyl (C=O) groups is 1. The molecule has 2 N–H and O–H groups in total. The van der Waals surface area contributed by atoms with Gasteiger partial charge in [0.2, 0.25) is 5.91 Å². The number of primary amides is 1. The first-order chi connectivity index (χ1) is 3.77. The van der Waals surface area contributed by atoms with Gasteiger partial charge in [-0.3, -0.25) is 4.79 Å². The third-order valence-electron chi connectivity index (χ3n) is 0.353. The molecule has 0 bridgehead atoms. The first-order valence-corrected chi connectivity index (χ1v) is 2.66. The van der Waals surface area contributed by atoms with Gasteiger partial charge in [0.05, 0.1) is 0 Å². The monoisotopic (exact) mass is 128 g/mol. The molecule has 0 spiro atoms. The Kier molecular flexibility index (Phi) is 3.71. The van der Waals surface area contributed by atoms with Crippen LogP contribution in [0.4, 0.5) is 0 Å². The number of amides is 1. The summed E-state index contributed by atoms with van der Waals surface area (Å²) in [6, 6.07) is 0. The predicted molar refractivity (Wildman–Crippen MR) is 31.5 cm³/mol. The van der Waals surface area contributed by atoms with Crippen LogP contribution in [0.5, 0.6) is 0 Å². The van der Waals surface area contributed by atoms with Crippen molar-refractivity contribution in [2.45, 2.75) is 0 Å². The molecule has 0 aliphatic rings. The minimum Gasteiger partial charge on any atom is -0.366 e. The summed E-state index contributed by atoms with van der Waals surface area (Å²) in [5, 5.41) is 11.0. The topological polar surface area (TPSA) is 66.9 Å². The molecule has 0 radical (unpaired) electrons. The molecule has 42 valence electrons. The van der Waals surface area contributed by atoms with E-state index in [1.165, 1.54) is 5.41 Å². The maximum atomic E-state index is 9.89. The van der Waals surface area contributed by atoms with Gasteiger partial charge < -0.3 is 5.73 Å². The summed E-state index contributed by atoms with van der Waals surface area (Å²) in [7, 11) is 0. The SMILES string of the molecule is N#CS/C=C/C(N)=O. The van der Waals surface area contributed by atoms with Crippen molar-refractivity contribution in [1.29, 1.82) is 5.26 Å². The molecular weight excluding hydrogens is 124 g/mol. The summed E-state index contributed by atoms with van der Waals surface area (Å²) in [5.41, 5.74) is 4.68. The number of carbonyl (C=O) groups excluding carboxylic acids is 1. The fourth-order valence-corrected chi connectivity index (χ4v) is 0.395. The molecule has 0 unspecified atom stereocenters. The second-order valence-electron chi connectivity index (χ2n) is 0.914. The molecule has 4 heteroatoms. The molecule has 8 heavy (non-hydrogen) atoms. The minimum absolute atomic E-state index is 0.534. The Morgan fingerprint density at radius 1 is 1.88 bits per heavy atom. The van der Waals surface area contributed by atoms with Gasteiger partial charge in [-0.2, -0.15) is 5.26 Å². The van der Waals surface area contributed by atoms with E-state index in [1.807, 2.05) is 0 Å². The molecule has 1 amide bonds. The fraction of sp³-hybridized carbons (Fsp3) is 0. The van der Waals surface area contributed by atoms with Crippen molar-refractivity contribution in [3.05, 3.63) is 11.5 Å². The molecular formula is C4H4N2OS. The Morgan fingerprint density at radius 3 is 2.88 bits per heavy atom. The van der Waals surface area contributed by atoms with Gasteiger partial charge in [0, 0.05) is 6.08 Å². The van der Waals surface area contributed by atoms with Gasteiger partial charge >= 0.3 is 0 Å². The van der Waals surface area contributed by atoms with Crippen LogP contribution in [0.1, 0.15) is 0 Å². The number of hydrogen-bond acceptors (Lipinski definition) is 3. The third-order valence-corrected chi connectivity index (χ3v) is 0.731. The average molecular weight is 128 g/mol. The van der Waals surface area contributed by atoms with Crippen molar-refractivity contribution < 1.29 is 4.79 Å². The molecule has 0 rings (SSSR count). The first kappa shape index (κ1) is 7.05. The maximum absolute atomic E-state index is 9.89. The van der Waals surface area contributed by atoms with Crippen LogP contribution in [-0.4, -0.2) is 5.91 Å². The van der Waals surface area contributed by atoms with Crippen LogP contribution >= 0.6 is 11.8 Å². The van der Waals surface area contributed by atoms with Gasteiger partial charge in [0.25, 0.3) is 0 Å². The Bertz CT molecular complexity index is 147. The van der Waals surface area contributed by atoms with Crippen LogP contribution in [0.25, 0.3) is 0 Å². The Morgan fingerprint density at radius 2 is 2.50 bits per heavy atom. The number of thiocyanates is 1. The largest absolute Gasteiger partial charge is 0.366 e. The lowest BCUT2D eigenvalue weighted by Gasteiger charge is -1.73. The first-order valence-electron chi connectivity index (χ1n) is 1.78. The number of hydrogen-bond donors (Lipinski definition) is 1. The summed E-state index contributed by atoms with van der Waals surface area (Å²) < 4.78 is 0.